The van der Waals surface area contributed by atoms with Crippen molar-refractivity contribution in [3.05, 3.63) is 77.2 Å². The van der Waals surface area contributed by atoms with Crippen LogP contribution in [0.3, 0.4) is 0 Å². The highest BCUT2D eigenvalue weighted by Gasteiger charge is 2.15. The first-order valence-electron chi connectivity index (χ1n) is 7.64. The summed E-state index contributed by atoms with van der Waals surface area (Å²) in [6, 6.07) is 17.8. The van der Waals surface area contributed by atoms with Crippen LogP contribution in [0.5, 0.6) is 0 Å². The number of benzene rings is 2. The fourth-order valence-corrected chi connectivity index (χ4v) is 2.36. The van der Waals surface area contributed by atoms with E-state index in [-0.39, 0.29) is 0 Å². The molecule has 3 rings (SSSR count). The van der Waals surface area contributed by atoms with Crippen LogP contribution in [0.25, 0.3) is 17.3 Å². The summed E-state index contributed by atoms with van der Waals surface area (Å²) in [6.45, 7) is 4.15. The van der Waals surface area contributed by atoms with Crippen LogP contribution in [0.4, 0.5) is 5.69 Å². The average Bonchev–Trinajstić information content (AvgIpc) is 3.02. The van der Waals surface area contributed by atoms with Crippen molar-refractivity contribution >= 4 is 11.8 Å². The van der Waals surface area contributed by atoms with Gasteiger partial charge in [-0.3, -0.25) is 0 Å². The molecule has 0 aliphatic heterocycles. The van der Waals surface area contributed by atoms with Gasteiger partial charge in [0.2, 0.25) is 0 Å². The highest BCUT2D eigenvalue weighted by molar-refractivity contribution is 5.71. The van der Waals surface area contributed by atoms with Crippen LogP contribution in [-0.4, -0.2) is 5.16 Å². The Morgan fingerprint density at radius 1 is 1.08 bits per heavy atom. The Kier molecular flexibility index (Phi) is 4.44. The highest BCUT2D eigenvalue weighted by Crippen LogP contribution is 2.25. The quantitative estimate of drug-likeness (QED) is 0.743. The van der Waals surface area contributed by atoms with E-state index in [1.54, 1.807) is 12.3 Å². The molecule has 4 nitrogen and oxygen atoms in total. The van der Waals surface area contributed by atoms with Crippen molar-refractivity contribution in [2.45, 2.75) is 13.8 Å². The molecule has 2 aromatic carbocycles. The molecule has 3 aromatic rings. The number of nitriles is 1. The summed E-state index contributed by atoms with van der Waals surface area (Å²) in [5.41, 5.74) is 5.30. The predicted octanol–water partition coefficient (Wildman–Crippen LogP) is 4.91. The maximum Gasteiger partial charge on any atom is 0.179 e. The van der Waals surface area contributed by atoms with Gasteiger partial charge in [-0.05, 0) is 37.1 Å². The molecule has 0 radical (unpaired) electrons. The number of anilines is 1. The van der Waals surface area contributed by atoms with E-state index in [1.165, 1.54) is 11.1 Å². The maximum atomic E-state index is 9.43. The average molecular weight is 315 g/mol. The molecular weight excluding hydrogens is 298 g/mol. The third-order valence-corrected chi connectivity index (χ3v) is 3.87. The molecule has 0 amide bonds. The molecule has 1 N–H and O–H groups in total. The molecule has 4 heteroatoms. The lowest BCUT2D eigenvalue weighted by Gasteiger charge is -2.04. The van der Waals surface area contributed by atoms with E-state index in [2.05, 4.69) is 42.5 Å². The third-order valence-electron chi connectivity index (χ3n) is 3.87. The molecule has 0 saturated heterocycles. The zero-order valence-corrected chi connectivity index (χ0v) is 13.6. The van der Waals surface area contributed by atoms with E-state index in [1.807, 2.05) is 36.4 Å². The summed E-state index contributed by atoms with van der Waals surface area (Å²) < 4.78 is 5.32. The molecule has 0 bridgehead atoms. The lowest BCUT2D eigenvalue weighted by molar-refractivity contribution is 0.415. The van der Waals surface area contributed by atoms with Crippen LogP contribution in [0.2, 0.25) is 0 Å². The van der Waals surface area contributed by atoms with E-state index in [0.29, 0.717) is 17.0 Å². The molecule has 0 unspecified atom stereocenters. The first-order chi connectivity index (χ1) is 11.7. The summed E-state index contributed by atoms with van der Waals surface area (Å²) in [5, 5.41) is 16.6. The smallest absolute Gasteiger partial charge is 0.179 e. The fourth-order valence-electron chi connectivity index (χ4n) is 2.36. The van der Waals surface area contributed by atoms with Gasteiger partial charge in [-0.1, -0.05) is 41.6 Å². The molecule has 24 heavy (non-hydrogen) atoms. The zero-order valence-electron chi connectivity index (χ0n) is 13.6. The summed E-state index contributed by atoms with van der Waals surface area (Å²) in [4.78, 5) is 0. The number of aromatic nitrogens is 1. The Hall–Kier alpha value is -3.32. The number of rotatable bonds is 4. The van der Waals surface area contributed by atoms with E-state index in [4.69, 9.17) is 4.52 Å². The molecule has 0 aliphatic carbocycles. The minimum atomic E-state index is 0.430. The van der Waals surface area contributed by atoms with Crippen molar-refractivity contribution < 1.29 is 4.52 Å². The van der Waals surface area contributed by atoms with E-state index in [0.717, 1.165) is 11.3 Å². The standard InChI is InChI=1S/C20H17N3O/c1-14-8-9-17(12-15(14)2)22-11-10-19-18(13-21)20(23-24-19)16-6-4-3-5-7-16/h3-12,22H,1-2H3/b11-10+. The summed E-state index contributed by atoms with van der Waals surface area (Å²) >= 11 is 0. The fraction of sp³-hybridized carbons (Fsp3) is 0.100. The topological polar surface area (TPSA) is 61.9 Å². The number of aryl methyl sites for hydroxylation is 2. The molecule has 1 aromatic heterocycles. The summed E-state index contributed by atoms with van der Waals surface area (Å²) in [6.07, 6.45) is 3.47. The molecular formula is C20H17N3O. The largest absolute Gasteiger partial charge is 0.362 e. The molecule has 118 valence electrons. The van der Waals surface area contributed by atoms with Crippen LogP contribution in [0.15, 0.2) is 59.3 Å². The van der Waals surface area contributed by atoms with Gasteiger partial charge in [0.25, 0.3) is 0 Å². The number of nitrogens with zero attached hydrogens (tertiary/aromatic N) is 2. The number of hydrogen-bond acceptors (Lipinski definition) is 4. The Morgan fingerprint density at radius 2 is 1.88 bits per heavy atom. The van der Waals surface area contributed by atoms with Crippen molar-refractivity contribution in [2.24, 2.45) is 0 Å². The van der Waals surface area contributed by atoms with Crippen LogP contribution >= 0.6 is 0 Å². The van der Waals surface area contributed by atoms with Gasteiger partial charge in [0.1, 0.15) is 17.3 Å². The van der Waals surface area contributed by atoms with Gasteiger partial charge in [-0.25, -0.2) is 0 Å². The second-order valence-corrected chi connectivity index (χ2v) is 5.52. The van der Waals surface area contributed by atoms with Gasteiger partial charge in [0, 0.05) is 23.5 Å². The zero-order chi connectivity index (χ0) is 16.9. The monoisotopic (exact) mass is 315 g/mol. The number of hydrogen-bond donors (Lipinski definition) is 1. The van der Waals surface area contributed by atoms with Gasteiger partial charge in [0.05, 0.1) is 0 Å². The summed E-state index contributed by atoms with van der Waals surface area (Å²) in [5.74, 6) is 0.438. The van der Waals surface area contributed by atoms with Crippen molar-refractivity contribution in [1.82, 2.24) is 5.16 Å². The van der Waals surface area contributed by atoms with Gasteiger partial charge in [-0.15, -0.1) is 0 Å². The second-order valence-electron chi connectivity index (χ2n) is 5.52. The maximum absolute atomic E-state index is 9.43. The Balaban J connectivity index is 1.82. The first-order valence-corrected chi connectivity index (χ1v) is 7.64. The number of nitrogens with one attached hydrogen (secondary N) is 1. The van der Waals surface area contributed by atoms with Gasteiger partial charge in [0.15, 0.2) is 5.76 Å². The Morgan fingerprint density at radius 3 is 2.58 bits per heavy atom. The Bertz CT molecular complexity index is 918. The van der Waals surface area contributed by atoms with Crippen LogP contribution in [0.1, 0.15) is 22.5 Å². The van der Waals surface area contributed by atoms with E-state index >= 15 is 0 Å². The first kappa shape index (κ1) is 15.6. The highest BCUT2D eigenvalue weighted by atomic mass is 16.5. The van der Waals surface area contributed by atoms with Crippen molar-refractivity contribution in [3.63, 3.8) is 0 Å². The SMILES string of the molecule is Cc1ccc(N/C=C/c2onc(-c3ccccc3)c2C#N)cc1C. The van der Waals surface area contributed by atoms with E-state index in [9.17, 15) is 5.26 Å². The molecule has 0 saturated carbocycles. The van der Waals surface area contributed by atoms with Crippen LogP contribution in [-0.2, 0) is 0 Å². The van der Waals surface area contributed by atoms with Crippen molar-refractivity contribution in [3.8, 4) is 17.3 Å². The summed E-state index contributed by atoms with van der Waals surface area (Å²) in [7, 11) is 0. The minimum absolute atomic E-state index is 0.430. The Labute approximate surface area is 141 Å². The van der Waals surface area contributed by atoms with Crippen LogP contribution < -0.4 is 5.32 Å². The third kappa shape index (κ3) is 3.21. The molecule has 1 heterocycles. The van der Waals surface area contributed by atoms with Gasteiger partial charge in [-0.2, -0.15) is 5.26 Å². The normalized spacial score (nSPS) is 10.7. The molecule has 0 spiro atoms. The lowest BCUT2D eigenvalue weighted by atomic mass is 10.1. The van der Waals surface area contributed by atoms with Gasteiger partial charge < -0.3 is 9.84 Å². The molecule has 0 atom stereocenters. The predicted molar refractivity (Wildman–Crippen MR) is 95.2 cm³/mol. The van der Waals surface area contributed by atoms with Crippen LogP contribution in [0, 0.1) is 25.2 Å². The second kappa shape index (κ2) is 6.84. The van der Waals surface area contributed by atoms with E-state index < -0.39 is 0 Å². The minimum Gasteiger partial charge on any atom is -0.362 e. The van der Waals surface area contributed by atoms with Gasteiger partial charge >= 0.3 is 0 Å². The molecule has 0 aliphatic rings. The van der Waals surface area contributed by atoms with Crippen molar-refractivity contribution in [1.29, 1.82) is 5.26 Å². The molecule has 0 fully saturated rings. The lowest BCUT2D eigenvalue weighted by Crippen LogP contribution is -1.89. The van der Waals surface area contributed by atoms with Crippen molar-refractivity contribution in [2.75, 3.05) is 5.32 Å².